The highest BCUT2D eigenvalue weighted by atomic mass is 32.2. The van der Waals surface area contributed by atoms with Crippen LogP contribution in [0.25, 0.3) is 66.1 Å². The van der Waals surface area contributed by atoms with Crippen LogP contribution in [-0.4, -0.2) is 0 Å². The lowest BCUT2D eigenvalue weighted by molar-refractivity contribution is 0.794. The van der Waals surface area contributed by atoms with E-state index < -0.39 is 0 Å². The first-order valence-corrected chi connectivity index (χ1v) is 16.8. The summed E-state index contributed by atoms with van der Waals surface area (Å²) in [5.41, 5.74) is 15.8. The van der Waals surface area contributed by atoms with E-state index in [-0.39, 0.29) is 5.41 Å². The zero-order valence-corrected chi connectivity index (χ0v) is 25.7. The third kappa shape index (κ3) is 2.97. The Morgan fingerprint density at radius 3 is 1.89 bits per heavy atom. The molecule has 0 bridgehead atoms. The maximum Gasteiger partial charge on any atom is 0.0725 e. The highest BCUT2D eigenvalue weighted by molar-refractivity contribution is 8.00. The summed E-state index contributed by atoms with van der Waals surface area (Å²) < 4.78 is 0. The molecule has 11 rings (SSSR count). The molecule has 0 saturated carbocycles. The van der Waals surface area contributed by atoms with Gasteiger partial charge in [0.25, 0.3) is 0 Å². The number of fused-ring (bicyclic) bond motifs is 14. The van der Waals surface area contributed by atoms with Crippen molar-refractivity contribution in [3.05, 3.63) is 180 Å². The molecule has 2 aliphatic carbocycles. The molecule has 3 aliphatic rings. The molecule has 0 saturated heterocycles. The second kappa shape index (κ2) is 8.88. The molecule has 1 aliphatic heterocycles. The number of hydrogen-bond acceptors (Lipinski definition) is 1. The van der Waals surface area contributed by atoms with E-state index in [1.54, 1.807) is 0 Å². The smallest absolute Gasteiger partial charge is 0.0725 e. The van der Waals surface area contributed by atoms with Crippen molar-refractivity contribution < 1.29 is 0 Å². The van der Waals surface area contributed by atoms with Crippen molar-refractivity contribution in [2.45, 2.75) is 15.2 Å². The lowest BCUT2D eigenvalue weighted by Gasteiger charge is -2.31. The van der Waals surface area contributed by atoms with Gasteiger partial charge in [0.1, 0.15) is 0 Å². The minimum absolute atomic E-state index is 0.378. The normalized spacial score (nSPS) is 14.2. The zero-order valence-electron chi connectivity index (χ0n) is 24.9. The van der Waals surface area contributed by atoms with E-state index in [9.17, 15) is 0 Å². The third-order valence-electron chi connectivity index (χ3n) is 10.7. The van der Waals surface area contributed by atoms with Crippen LogP contribution in [0.2, 0.25) is 0 Å². The summed E-state index contributed by atoms with van der Waals surface area (Å²) in [4.78, 5) is 2.68. The number of benzene rings is 8. The van der Waals surface area contributed by atoms with Gasteiger partial charge in [-0.05, 0) is 95.1 Å². The minimum Gasteiger partial charge on any atom is -0.0881 e. The third-order valence-corrected chi connectivity index (χ3v) is 11.9. The summed E-state index contributed by atoms with van der Waals surface area (Å²) >= 11 is 1.92. The molecule has 1 heteroatoms. The maximum absolute atomic E-state index is 2.53. The van der Waals surface area contributed by atoms with Crippen LogP contribution in [0.4, 0.5) is 0 Å². The van der Waals surface area contributed by atoms with Gasteiger partial charge in [-0.3, -0.25) is 0 Å². The van der Waals surface area contributed by atoms with Crippen molar-refractivity contribution >= 4 is 33.3 Å². The molecule has 0 aromatic heterocycles. The molecule has 1 heterocycles. The van der Waals surface area contributed by atoms with Gasteiger partial charge in [0.2, 0.25) is 0 Å². The molecular formula is C45H26S. The van der Waals surface area contributed by atoms with Gasteiger partial charge in [-0.15, -0.1) is 0 Å². The summed E-state index contributed by atoms with van der Waals surface area (Å²) in [5, 5.41) is 5.28. The summed E-state index contributed by atoms with van der Waals surface area (Å²) in [6, 6.07) is 59.4. The molecule has 1 spiro atoms. The SMILES string of the molecule is c1ccc2c(c1)Sc1c(-c3ccc4c(c3)C3(c5ccccc5-c5ccccc53)c3ccc5ccccc5c3-4)ccc3cccc-2c13. The molecule has 0 nitrogen and oxygen atoms in total. The fourth-order valence-corrected chi connectivity index (χ4v) is 10.1. The van der Waals surface area contributed by atoms with Gasteiger partial charge in [0.15, 0.2) is 0 Å². The predicted molar refractivity (Wildman–Crippen MR) is 193 cm³/mol. The molecule has 0 atom stereocenters. The van der Waals surface area contributed by atoms with Crippen LogP contribution in [0.5, 0.6) is 0 Å². The van der Waals surface area contributed by atoms with Gasteiger partial charge in [-0.25, -0.2) is 0 Å². The highest BCUT2D eigenvalue weighted by Crippen LogP contribution is 2.64. The van der Waals surface area contributed by atoms with Crippen molar-refractivity contribution in [2.75, 3.05) is 0 Å². The number of rotatable bonds is 1. The second-order valence-corrected chi connectivity index (χ2v) is 13.8. The Morgan fingerprint density at radius 1 is 0.391 bits per heavy atom. The van der Waals surface area contributed by atoms with Crippen molar-refractivity contribution in [3.8, 4) is 44.5 Å². The topological polar surface area (TPSA) is 0 Å². The van der Waals surface area contributed by atoms with Crippen LogP contribution in [0.3, 0.4) is 0 Å². The lowest BCUT2D eigenvalue weighted by atomic mass is 9.70. The summed E-state index contributed by atoms with van der Waals surface area (Å²) in [6.45, 7) is 0. The van der Waals surface area contributed by atoms with Crippen molar-refractivity contribution in [1.82, 2.24) is 0 Å². The first kappa shape index (κ1) is 24.9. The molecular weight excluding hydrogens is 573 g/mol. The van der Waals surface area contributed by atoms with Crippen LogP contribution in [0.1, 0.15) is 22.3 Å². The molecule has 8 aromatic carbocycles. The van der Waals surface area contributed by atoms with E-state index in [1.165, 1.54) is 98.1 Å². The number of hydrogen-bond donors (Lipinski definition) is 0. The van der Waals surface area contributed by atoms with Crippen LogP contribution in [0, 0.1) is 0 Å². The molecule has 0 radical (unpaired) electrons. The van der Waals surface area contributed by atoms with E-state index >= 15 is 0 Å². The van der Waals surface area contributed by atoms with E-state index in [0.29, 0.717) is 0 Å². The standard InChI is InChI=1S/C45H26S/c1-2-12-30-27(10-1)22-25-39-43(30)36-24-21-29(26-40(36)45(39)37-17-6-3-13-32(37)33-14-4-7-18-38(33)45)31-23-20-28-11-9-16-35-34-15-5-8-19-41(34)46-44(31)42(28)35/h1-26H. The molecule has 46 heavy (non-hydrogen) atoms. The molecule has 212 valence electrons. The Labute approximate surface area is 272 Å². The van der Waals surface area contributed by atoms with Crippen molar-refractivity contribution in [3.63, 3.8) is 0 Å². The zero-order chi connectivity index (χ0) is 30.0. The average Bonchev–Trinajstić information content (AvgIpc) is 3.59. The Kier molecular flexibility index (Phi) is 4.80. The quantitative estimate of drug-likeness (QED) is 0.181. The molecule has 8 aromatic rings. The van der Waals surface area contributed by atoms with Crippen LogP contribution >= 0.6 is 11.8 Å². The fraction of sp³-hybridized carbons (Fsp3) is 0.0222. The van der Waals surface area contributed by atoms with Crippen LogP contribution < -0.4 is 0 Å². The predicted octanol–water partition coefficient (Wildman–Crippen LogP) is 12.1. The lowest BCUT2D eigenvalue weighted by Crippen LogP contribution is -2.25. The van der Waals surface area contributed by atoms with Crippen molar-refractivity contribution in [1.29, 1.82) is 0 Å². The minimum atomic E-state index is -0.378. The fourth-order valence-electron chi connectivity index (χ4n) is 8.87. The van der Waals surface area contributed by atoms with Gasteiger partial charge in [-0.2, -0.15) is 0 Å². The van der Waals surface area contributed by atoms with E-state index in [4.69, 9.17) is 0 Å². The first-order chi connectivity index (χ1) is 22.8. The molecule has 0 amide bonds. The summed E-state index contributed by atoms with van der Waals surface area (Å²) in [6.07, 6.45) is 0. The molecule has 0 N–H and O–H groups in total. The molecule has 0 unspecified atom stereocenters. The van der Waals surface area contributed by atoms with Gasteiger partial charge in [-0.1, -0.05) is 157 Å². The van der Waals surface area contributed by atoms with Gasteiger partial charge >= 0.3 is 0 Å². The van der Waals surface area contributed by atoms with Crippen molar-refractivity contribution in [2.24, 2.45) is 0 Å². The monoisotopic (exact) mass is 598 g/mol. The Hall–Kier alpha value is -5.37. The largest absolute Gasteiger partial charge is 0.0881 e. The highest BCUT2D eigenvalue weighted by Gasteiger charge is 2.52. The van der Waals surface area contributed by atoms with Gasteiger partial charge in [0.05, 0.1) is 5.41 Å². The van der Waals surface area contributed by atoms with Gasteiger partial charge < -0.3 is 0 Å². The summed E-state index contributed by atoms with van der Waals surface area (Å²) in [7, 11) is 0. The van der Waals surface area contributed by atoms with E-state index in [0.717, 1.165) is 0 Å². The Morgan fingerprint density at radius 2 is 1.04 bits per heavy atom. The van der Waals surface area contributed by atoms with Crippen LogP contribution in [-0.2, 0) is 5.41 Å². The van der Waals surface area contributed by atoms with E-state index in [2.05, 4.69) is 158 Å². The average molecular weight is 599 g/mol. The Bertz CT molecular complexity index is 2580. The van der Waals surface area contributed by atoms with E-state index in [1.807, 2.05) is 11.8 Å². The molecule has 0 fully saturated rings. The Balaban J connectivity index is 1.25. The first-order valence-electron chi connectivity index (χ1n) is 16.0. The maximum atomic E-state index is 2.53. The van der Waals surface area contributed by atoms with Gasteiger partial charge in [0, 0.05) is 15.2 Å². The summed E-state index contributed by atoms with van der Waals surface area (Å²) in [5.74, 6) is 0. The van der Waals surface area contributed by atoms with Crippen LogP contribution in [0.15, 0.2) is 168 Å². The second-order valence-electron chi connectivity index (χ2n) is 12.8.